The van der Waals surface area contributed by atoms with Gasteiger partial charge in [-0.1, -0.05) is 11.6 Å². The zero-order valence-electron chi connectivity index (χ0n) is 13.7. The Morgan fingerprint density at radius 3 is 2.68 bits per heavy atom. The van der Waals surface area contributed by atoms with Gasteiger partial charge in [-0.05, 0) is 46.5 Å². The van der Waals surface area contributed by atoms with E-state index in [2.05, 4.69) is 16.5 Å². The monoisotopic (exact) mass is 303 g/mol. The lowest BCUT2D eigenvalue weighted by Gasteiger charge is -2.13. The summed E-state index contributed by atoms with van der Waals surface area (Å²) in [4.78, 5) is 23.5. The van der Waals surface area contributed by atoms with Crippen LogP contribution in [-0.4, -0.2) is 28.0 Å². The van der Waals surface area contributed by atoms with Crippen LogP contribution in [-0.2, 0) is 11.3 Å². The molecule has 1 N–H and O–H groups in total. The average Bonchev–Trinajstić information content (AvgIpc) is 2.78. The van der Waals surface area contributed by atoms with Crippen molar-refractivity contribution in [3.63, 3.8) is 0 Å². The Labute approximate surface area is 131 Å². The molecule has 0 bridgehead atoms. The number of allylic oxidation sites excluding steroid dienone is 1. The van der Waals surface area contributed by atoms with Gasteiger partial charge in [-0.25, -0.2) is 0 Å². The number of hydrogen-bond donors (Lipinski definition) is 1. The highest BCUT2D eigenvalue weighted by Crippen LogP contribution is 2.16. The van der Waals surface area contributed by atoms with Gasteiger partial charge < -0.3 is 5.32 Å². The minimum Gasteiger partial charge on any atom is -0.352 e. The van der Waals surface area contributed by atoms with Crippen LogP contribution in [0.5, 0.6) is 0 Å². The Balaban J connectivity index is 1.85. The molecule has 0 aromatic carbocycles. The number of amides is 1. The number of ketones is 1. The molecule has 0 atom stereocenters. The molecule has 1 aliphatic carbocycles. The van der Waals surface area contributed by atoms with Crippen molar-refractivity contribution < 1.29 is 9.59 Å². The summed E-state index contributed by atoms with van der Waals surface area (Å²) in [6, 6.07) is 0. The maximum atomic E-state index is 11.9. The summed E-state index contributed by atoms with van der Waals surface area (Å²) in [6.45, 7) is 6.42. The summed E-state index contributed by atoms with van der Waals surface area (Å²) in [7, 11) is 0. The van der Waals surface area contributed by atoms with Crippen LogP contribution < -0.4 is 5.32 Å². The molecule has 1 aliphatic rings. The van der Waals surface area contributed by atoms with Crippen LogP contribution in [0.3, 0.4) is 0 Å². The van der Waals surface area contributed by atoms with E-state index in [9.17, 15) is 9.59 Å². The molecule has 0 spiro atoms. The molecule has 1 aromatic rings. The normalized spacial score (nSPS) is 14.6. The SMILES string of the molecule is CC(=O)c1c(C)nn(CCC(=O)NCC2=CCCCC2)c1C. The quantitative estimate of drug-likeness (QED) is 0.649. The average molecular weight is 303 g/mol. The molecule has 0 aliphatic heterocycles. The van der Waals surface area contributed by atoms with E-state index in [1.807, 2.05) is 13.8 Å². The highest BCUT2D eigenvalue weighted by molar-refractivity contribution is 5.96. The van der Waals surface area contributed by atoms with Gasteiger partial charge in [0.1, 0.15) is 0 Å². The number of carbonyl (C=O) groups is 2. The zero-order valence-corrected chi connectivity index (χ0v) is 13.7. The molecule has 22 heavy (non-hydrogen) atoms. The molecule has 1 amide bonds. The Bertz CT molecular complexity index is 599. The van der Waals surface area contributed by atoms with Gasteiger partial charge >= 0.3 is 0 Å². The standard InChI is InChI=1S/C17H25N3O2/c1-12-17(14(3)21)13(2)20(19-12)10-9-16(22)18-11-15-7-5-4-6-8-15/h7H,4-6,8-11H2,1-3H3,(H,18,22). The number of aryl methyl sites for hydroxylation is 2. The second-order valence-electron chi connectivity index (χ2n) is 5.96. The lowest BCUT2D eigenvalue weighted by atomic mass is 10.00. The van der Waals surface area contributed by atoms with Crippen LogP contribution in [0.4, 0.5) is 0 Å². The van der Waals surface area contributed by atoms with E-state index in [0.29, 0.717) is 25.1 Å². The summed E-state index contributed by atoms with van der Waals surface area (Å²) < 4.78 is 1.76. The van der Waals surface area contributed by atoms with Crippen LogP contribution in [0.15, 0.2) is 11.6 Å². The van der Waals surface area contributed by atoms with Crippen LogP contribution in [0.1, 0.15) is 60.8 Å². The summed E-state index contributed by atoms with van der Waals surface area (Å²) in [5.41, 5.74) is 3.59. The van der Waals surface area contributed by atoms with Crippen molar-refractivity contribution in [2.45, 2.75) is 59.4 Å². The van der Waals surface area contributed by atoms with Gasteiger partial charge in [0.2, 0.25) is 5.91 Å². The molecule has 0 fully saturated rings. The fraction of sp³-hybridized carbons (Fsp3) is 0.588. The molecule has 2 rings (SSSR count). The first-order valence-corrected chi connectivity index (χ1v) is 7.98. The Morgan fingerprint density at radius 1 is 1.32 bits per heavy atom. The molecule has 0 saturated heterocycles. The molecule has 0 saturated carbocycles. The number of carbonyl (C=O) groups excluding carboxylic acids is 2. The molecule has 5 heteroatoms. The minimum atomic E-state index is 0.0231. The Hall–Kier alpha value is -1.91. The number of hydrogen-bond acceptors (Lipinski definition) is 3. The highest BCUT2D eigenvalue weighted by Gasteiger charge is 2.15. The fourth-order valence-electron chi connectivity index (χ4n) is 3.00. The van der Waals surface area contributed by atoms with Gasteiger partial charge in [0.05, 0.1) is 11.3 Å². The third kappa shape index (κ3) is 4.06. The van der Waals surface area contributed by atoms with Crippen molar-refractivity contribution in [3.05, 3.63) is 28.6 Å². The van der Waals surface area contributed by atoms with Crippen molar-refractivity contribution in [3.8, 4) is 0 Å². The fourth-order valence-corrected chi connectivity index (χ4v) is 3.00. The van der Waals surface area contributed by atoms with E-state index < -0.39 is 0 Å². The van der Waals surface area contributed by atoms with Gasteiger partial charge in [0.25, 0.3) is 0 Å². The van der Waals surface area contributed by atoms with E-state index >= 15 is 0 Å². The first-order chi connectivity index (χ1) is 10.5. The minimum absolute atomic E-state index is 0.0231. The number of rotatable bonds is 6. The van der Waals surface area contributed by atoms with Gasteiger partial charge in [0, 0.05) is 25.2 Å². The first kappa shape index (κ1) is 16.5. The molecule has 0 unspecified atom stereocenters. The molecular weight excluding hydrogens is 278 g/mol. The summed E-state index contributed by atoms with van der Waals surface area (Å²) in [5, 5.41) is 7.33. The number of aromatic nitrogens is 2. The largest absolute Gasteiger partial charge is 0.352 e. The lowest BCUT2D eigenvalue weighted by Crippen LogP contribution is -2.27. The molecule has 1 heterocycles. The molecule has 5 nitrogen and oxygen atoms in total. The third-order valence-corrected chi connectivity index (χ3v) is 4.18. The van der Waals surface area contributed by atoms with Crippen molar-refractivity contribution in [2.75, 3.05) is 6.54 Å². The Morgan fingerprint density at radius 2 is 2.09 bits per heavy atom. The van der Waals surface area contributed by atoms with E-state index in [1.165, 1.54) is 18.4 Å². The van der Waals surface area contributed by atoms with E-state index in [-0.39, 0.29) is 11.7 Å². The molecule has 120 valence electrons. The highest BCUT2D eigenvalue weighted by atomic mass is 16.1. The predicted octanol–water partition coefficient (Wildman–Crippen LogP) is 2.71. The van der Waals surface area contributed by atoms with Gasteiger partial charge in [0.15, 0.2) is 5.78 Å². The second-order valence-corrected chi connectivity index (χ2v) is 5.96. The lowest BCUT2D eigenvalue weighted by molar-refractivity contribution is -0.121. The topological polar surface area (TPSA) is 64.0 Å². The molecule has 1 aromatic heterocycles. The van der Waals surface area contributed by atoms with Crippen molar-refractivity contribution >= 4 is 11.7 Å². The zero-order chi connectivity index (χ0) is 16.1. The summed E-state index contributed by atoms with van der Waals surface area (Å²) in [5.74, 6) is 0.0540. The smallest absolute Gasteiger partial charge is 0.222 e. The van der Waals surface area contributed by atoms with Crippen molar-refractivity contribution in [2.24, 2.45) is 0 Å². The summed E-state index contributed by atoms with van der Waals surface area (Å²) >= 11 is 0. The van der Waals surface area contributed by atoms with Gasteiger partial charge in [-0.15, -0.1) is 0 Å². The second kappa shape index (κ2) is 7.38. The predicted molar refractivity (Wildman–Crippen MR) is 85.9 cm³/mol. The molecule has 0 radical (unpaired) electrons. The number of nitrogens with zero attached hydrogens (tertiary/aromatic N) is 2. The van der Waals surface area contributed by atoms with Crippen molar-refractivity contribution in [1.82, 2.24) is 15.1 Å². The maximum Gasteiger partial charge on any atom is 0.222 e. The van der Waals surface area contributed by atoms with Crippen LogP contribution in [0, 0.1) is 13.8 Å². The third-order valence-electron chi connectivity index (χ3n) is 4.18. The van der Waals surface area contributed by atoms with E-state index in [4.69, 9.17) is 0 Å². The number of Topliss-reactive ketones (excluding diaryl/α,β-unsaturated/α-hetero) is 1. The van der Waals surface area contributed by atoms with Crippen LogP contribution >= 0.6 is 0 Å². The first-order valence-electron chi connectivity index (χ1n) is 7.98. The van der Waals surface area contributed by atoms with Crippen LogP contribution in [0.2, 0.25) is 0 Å². The number of nitrogens with one attached hydrogen (secondary N) is 1. The maximum absolute atomic E-state index is 11.9. The summed E-state index contributed by atoms with van der Waals surface area (Å²) in [6.07, 6.45) is 7.33. The van der Waals surface area contributed by atoms with Gasteiger partial charge in [-0.2, -0.15) is 5.10 Å². The van der Waals surface area contributed by atoms with Crippen LogP contribution in [0.25, 0.3) is 0 Å². The molecular formula is C17H25N3O2. The van der Waals surface area contributed by atoms with Gasteiger partial charge in [-0.3, -0.25) is 14.3 Å². The Kier molecular flexibility index (Phi) is 5.52. The van der Waals surface area contributed by atoms with E-state index in [1.54, 1.807) is 11.6 Å². The van der Waals surface area contributed by atoms with Crippen molar-refractivity contribution in [1.29, 1.82) is 0 Å². The van der Waals surface area contributed by atoms with E-state index in [0.717, 1.165) is 24.2 Å².